The summed E-state index contributed by atoms with van der Waals surface area (Å²) in [4.78, 5) is 20.1. The fraction of sp³-hybridized carbons (Fsp3) is 0.800. The number of carbonyl (C=O) groups is 2. The van der Waals surface area contributed by atoms with Crippen molar-refractivity contribution in [2.45, 2.75) is 40.5 Å². The van der Waals surface area contributed by atoms with Crippen molar-refractivity contribution in [1.29, 1.82) is 0 Å². The third-order valence-corrected chi connectivity index (χ3v) is 1.67. The maximum absolute atomic E-state index is 10.1. The van der Waals surface area contributed by atoms with Crippen molar-refractivity contribution in [3.8, 4) is 0 Å². The van der Waals surface area contributed by atoms with Crippen LogP contribution in [0.1, 0.15) is 40.5 Å². The van der Waals surface area contributed by atoms with E-state index in [1.807, 2.05) is 0 Å². The summed E-state index contributed by atoms with van der Waals surface area (Å²) in [7, 11) is 0. The molecule has 0 aromatic carbocycles. The normalized spacial score (nSPS) is 8.93. The number of carboxylic acids is 2. The van der Waals surface area contributed by atoms with Gasteiger partial charge in [-0.1, -0.05) is 40.5 Å². The van der Waals surface area contributed by atoms with E-state index in [1.165, 1.54) is 26.7 Å². The van der Waals surface area contributed by atoms with E-state index in [1.54, 1.807) is 0 Å². The van der Waals surface area contributed by atoms with Gasteiger partial charge in [0.15, 0.2) is 0 Å². The summed E-state index contributed by atoms with van der Waals surface area (Å²) in [6.07, 6.45) is 2.64. The van der Waals surface area contributed by atoms with Crippen LogP contribution >= 0.6 is 0 Å². The van der Waals surface area contributed by atoms with Gasteiger partial charge in [0.1, 0.15) is 0 Å². The van der Waals surface area contributed by atoms with E-state index in [0.29, 0.717) is 0 Å². The maximum Gasteiger partial charge on any atom is 2.00 e. The first-order valence-corrected chi connectivity index (χ1v) is 4.80. The van der Waals surface area contributed by atoms with E-state index in [0.717, 1.165) is 0 Å². The van der Waals surface area contributed by atoms with Gasteiger partial charge in [0.2, 0.25) is 0 Å². The Morgan fingerprint density at radius 2 is 1.27 bits per heavy atom. The smallest absolute Gasteiger partial charge is 0.549 e. The van der Waals surface area contributed by atoms with Crippen molar-refractivity contribution in [3.63, 3.8) is 0 Å². The van der Waals surface area contributed by atoms with Gasteiger partial charge >= 0.3 is 23.1 Å². The molecule has 5 heteroatoms. The van der Waals surface area contributed by atoms with E-state index < -0.39 is 23.8 Å². The number of hydrogen-bond acceptors (Lipinski definition) is 4. The Morgan fingerprint density at radius 3 is 1.27 bits per heavy atom. The number of unbranched alkanes of at least 4 members (excludes halogenated alkanes) is 1. The molecule has 0 spiro atoms. The molecule has 0 aromatic rings. The molecule has 0 saturated heterocycles. The Hall–Kier alpha value is -0.294. The number of rotatable bonds is 4. The van der Waals surface area contributed by atoms with Crippen molar-refractivity contribution < 1.29 is 19.8 Å². The zero-order valence-electron chi connectivity index (χ0n) is 9.91. The summed E-state index contributed by atoms with van der Waals surface area (Å²) < 4.78 is 0. The van der Waals surface area contributed by atoms with Crippen molar-refractivity contribution in [2.75, 3.05) is 0 Å². The minimum Gasteiger partial charge on any atom is -0.549 e. The quantitative estimate of drug-likeness (QED) is 0.464. The molecule has 0 bridgehead atoms. The molecular formula is C10H18MgO4. The molecule has 0 aromatic heterocycles. The van der Waals surface area contributed by atoms with Gasteiger partial charge < -0.3 is 19.8 Å². The van der Waals surface area contributed by atoms with E-state index in [2.05, 4.69) is 13.8 Å². The molecule has 0 atom stereocenters. The Kier molecular flexibility index (Phi) is 15.8. The van der Waals surface area contributed by atoms with Crippen molar-refractivity contribution >= 4 is 35.0 Å². The molecule has 0 aliphatic heterocycles. The minimum atomic E-state index is -1.59. The van der Waals surface area contributed by atoms with Crippen LogP contribution in [0.4, 0.5) is 0 Å². The molecule has 0 aliphatic carbocycles. The monoisotopic (exact) mass is 226 g/mol. The fourth-order valence-corrected chi connectivity index (χ4v) is 0.641. The third-order valence-electron chi connectivity index (χ3n) is 1.67. The summed E-state index contributed by atoms with van der Waals surface area (Å²) in [5.41, 5.74) is 0. The summed E-state index contributed by atoms with van der Waals surface area (Å²) in [6.45, 7) is 7.33. The van der Waals surface area contributed by atoms with Crippen LogP contribution in [0.15, 0.2) is 0 Å². The molecule has 0 amide bonds. The number of aliphatic carboxylic acids is 2. The van der Waals surface area contributed by atoms with Crippen LogP contribution in [-0.4, -0.2) is 35.0 Å². The average Bonchev–Trinajstić information content (AvgIpc) is 2.02. The maximum atomic E-state index is 10.1. The molecule has 15 heavy (non-hydrogen) atoms. The average molecular weight is 227 g/mol. The van der Waals surface area contributed by atoms with Crippen LogP contribution in [0, 0.1) is 11.8 Å². The summed E-state index contributed by atoms with van der Waals surface area (Å²) >= 11 is 0. The standard InChI is InChI=1S/C6H10O4.C4H10.Mg/c1-3(2)4(5(7)8)6(9)10;1-3-4-2;/h3-4H,1-2H3,(H,7,8)(H,9,10);3-4H2,1-2H3;/q;;+2/p-2. The fourth-order valence-electron chi connectivity index (χ4n) is 0.641. The molecule has 0 rings (SSSR count). The molecule has 4 nitrogen and oxygen atoms in total. The van der Waals surface area contributed by atoms with Gasteiger partial charge in [0.25, 0.3) is 0 Å². The number of carbonyl (C=O) groups excluding carboxylic acids is 2. The molecule has 84 valence electrons. The number of carboxylic acid groups (broad SMARTS) is 2. The van der Waals surface area contributed by atoms with Gasteiger partial charge in [-0.2, -0.15) is 0 Å². The van der Waals surface area contributed by atoms with Gasteiger partial charge in [0, 0.05) is 5.92 Å². The van der Waals surface area contributed by atoms with Crippen LogP contribution < -0.4 is 10.2 Å². The first-order chi connectivity index (χ1) is 6.38. The van der Waals surface area contributed by atoms with Crippen molar-refractivity contribution in [1.82, 2.24) is 0 Å². The Bertz CT molecular complexity index is 164. The van der Waals surface area contributed by atoms with Gasteiger partial charge in [-0.05, 0) is 5.92 Å². The zero-order chi connectivity index (χ0) is 11.7. The van der Waals surface area contributed by atoms with E-state index in [9.17, 15) is 19.8 Å². The second-order valence-corrected chi connectivity index (χ2v) is 3.36. The van der Waals surface area contributed by atoms with Crippen molar-refractivity contribution in [2.24, 2.45) is 11.8 Å². The minimum absolute atomic E-state index is 0. The predicted octanol–water partition coefficient (Wildman–Crippen LogP) is -0.816. The van der Waals surface area contributed by atoms with E-state index in [4.69, 9.17) is 0 Å². The van der Waals surface area contributed by atoms with Crippen LogP contribution in [0.3, 0.4) is 0 Å². The zero-order valence-corrected chi connectivity index (χ0v) is 11.3. The SMILES string of the molecule is CC(C)C(C(=O)[O-])C(=O)[O-].CCCC.[Mg+2]. The van der Waals surface area contributed by atoms with Gasteiger partial charge in [0.05, 0.1) is 11.9 Å². The second-order valence-electron chi connectivity index (χ2n) is 3.36. The summed E-state index contributed by atoms with van der Waals surface area (Å²) in [5, 5.41) is 20.1. The molecule has 0 saturated carbocycles. The molecular weight excluding hydrogens is 208 g/mol. The Balaban J connectivity index is -0.000000249. The predicted molar refractivity (Wildman–Crippen MR) is 54.7 cm³/mol. The molecule has 0 fully saturated rings. The molecule has 0 heterocycles. The molecule has 0 unspecified atom stereocenters. The number of hydrogen-bond donors (Lipinski definition) is 0. The van der Waals surface area contributed by atoms with Crippen LogP contribution in [-0.2, 0) is 9.59 Å². The first kappa shape index (κ1) is 20.2. The van der Waals surface area contributed by atoms with Gasteiger partial charge in [-0.3, -0.25) is 0 Å². The summed E-state index contributed by atoms with van der Waals surface area (Å²) in [5.74, 6) is -5.17. The Morgan fingerprint density at radius 1 is 1.00 bits per heavy atom. The largest absolute Gasteiger partial charge is 2.00 e. The molecule has 0 aliphatic rings. The van der Waals surface area contributed by atoms with Crippen LogP contribution in [0.5, 0.6) is 0 Å². The van der Waals surface area contributed by atoms with Crippen molar-refractivity contribution in [3.05, 3.63) is 0 Å². The van der Waals surface area contributed by atoms with Gasteiger partial charge in [-0.15, -0.1) is 0 Å². The summed E-state index contributed by atoms with van der Waals surface area (Å²) in [6, 6.07) is 0. The third kappa shape index (κ3) is 11.6. The second kappa shape index (κ2) is 11.8. The van der Waals surface area contributed by atoms with Crippen LogP contribution in [0.25, 0.3) is 0 Å². The van der Waals surface area contributed by atoms with E-state index in [-0.39, 0.29) is 23.1 Å². The molecule has 0 N–H and O–H groups in total. The van der Waals surface area contributed by atoms with E-state index >= 15 is 0 Å². The Labute approximate surface area is 107 Å². The van der Waals surface area contributed by atoms with Crippen LogP contribution in [0.2, 0.25) is 0 Å². The molecule has 0 radical (unpaired) electrons. The van der Waals surface area contributed by atoms with Gasteiger partial charge in [-0.25, -0.2) is 0 Å². The first-order valence-electron chi connectivity index (χ1n) is 4.80. The topological polar surface area (TPSA) is 80.3 Å².